The first-order valence-electron chi connectivity index (χ1n) is 4.43. The molecule has 0 saturated carbocycles. The first kappa shape index (κ1) is 11.5. The lowest BCUT2D eigenvalue weighted by Gasteiger charge is -2.06. The van der Waals surface area contributed by atoms with Gasteiger partial charge in [-0.15, -0.1) is 0 Å². The van der Waals surface area contributed by atoms with Crippen LogP contribution in [0.15, 0.2) is 22.7 Å². The molecule has 0 radical (unpaired) electrons. The smallest absolute Gasteiger partial charge is 0.166 e. The van der Waals surface area contributed by atoms with E-state index in [1.165, 1.54) is 6.07 Å². The first-order chi connectivity index (χ1) is 6.74. The topological polar surface area (TPSA) is 29.5 Å². The van der Waals surface area contributed by atoms with Crippen LogP contribution < -0.4 is 4.74 Å². The van der Waals surface area contributed by atoms with Gasteiger partial charge in [0.2, 0.25) is 0 Å². The third-order valence-electron chi connectivity index (χ3n) is 1.70. The SMILES string of the molecule is OCCCCOc1ccc(Br)cc1F. The monoisotopic (exact) mass is 262 g/mol. The van der Waals surface area contributed by atoms with E-state index < -0.39 is 0 Å². The molecule has 0 heterocycles. The van der Waals surface area contributed by atoms with Crippen molar-refractivity contribution in [3.8, 4) is 5.75 Å². The molecule has 0 aromatic heterocycles. The zero-order valence-electron chi connectivity index (χ0n) is 7.67. The standard InChI is InChI=1S/C10H12BrFO2/c11-8-3-4-10(9(12)7-8)14-6-2-1-5-13/h3-4,7,13H,1-2,5-6H2. The van der Waals surface area contributed by atoms with Gasteiger partial charge in [-0.05, 0) is 31.0 Å². The molecule has 0 aliphatic heterocycles. The van der Waals surface area contributed by atoms with E-state index in [9.17, 15) is 4.39 Å². The Kier molecular flexibility index (Phi) is 4.90. The second-order valence-corrected chi connectivity index (χ2v) is 3.77. The molecule has 1 aromatic rings. The van der Waals surface area contributed by atoms with Gasteiger partial charge in [0, 0.05) is 11.1 Å². The summed E-state index contributed by atoms with van der Waals surface area (Å²) in [4.78, 5) is 0. The van der Waals surface area contributed by atoms with E-state index in [-0.39, 0.29) is 18.2 Å². The Bertz CT molecular complexity index is 291. The number of aliphatic hydroxyl groups is 1. The van der Waals surface area contributed by atoms with E-state index in [1.54, 1.807) is 12.1 Å². The van der Waals surface area contributed by atoms with Crippen molar-refractivity contribution in [1.82, 2.24) is 0 Å². The van der Waals surface area contributed by atoms with Gasteiger partial charge >= 0.3 is 0 Å². The lowest BCUT2D eigenvalue weighted by Crippen LogP contribution is -2.00. The molecule has 0 spiro atoms. The van der Waals surface area contributed by atoms with Crippen LogP contribution in [0.3, 0.4) is 0 Å². The van der Waals surface area contributed by atoms with Crippen molar-refractivity contribution in [2.75, 3.05) is 13.2 Å². The molecule has 1 rings (SSSR count). The zero-order valence-corrected chi connectivity index (χ0v) is 9.26. The molecule has 0 aliphatic carbocycles. The average Bonchev–Trinajstić information content (AvgIpc) is 2.15. The number of ether oxygens (including phenoxy) is 1. The minimum Gasteiger partial charge on any atom is -0.491 e. The molecular weight excluding hydrogens is 251 g/mol. The fraction of sp³-hybridized carbons (Fsp3) is 0.400. The van der Waals surface area contributed by atoms with Crippen molar-refractivity contribution in [2.24, 2.45) is 0 Å². The maximum absolute atomic E-state index is 13.2. The lowest BCUT2D eigenvalue weighted by atomic mass is 10.3. The van der Waals surface area contributed by atoms with Crippen molar-refractivity contribution in [3.05, 3.63) is 28.5 Å². The molecular formula is C10H12BrFO2. The van der Waals surface area contributed by atoms with E-state index in [0.29, 0.717) is 17.5 Å². The summed E-state index contributed by atoms with van der Waals surface area (Å²) in [7, 11) is 0. The second kappa shape index (κ2) is 5.98. The highest BCUT2D eigenvalue weighted by Crippen LogP contribution is 2.21. The van der Waals surface area contributed by atoms with Gasteiger partial charge in [-0.3, -0.25) is 0 Å². The first-order valence-corrected chi connectivity index (χ1v) is 5.22. The molecule has 0 fully saturated rings. The van der Waals surface area contributed by atoms with Crippen LogP contribution in [0.4, 0.5) is 4.39 Å². The Morgan fingerprint density at radius 2 is 2.14 bits per heavy atom. The van der Waals surface area contributed by atoms with Gasteiger partial charge in [-0.25, -0.2) is 4.39 Å². The zero-order chi connectivity index (χ0) is 10.4. The van der Waals surface area contributed by atoms with Gasteiger partial charge in [-0.2, -0.15) is 0 Å². The Labute approximate surface area is 90.8 Å². The molecule has 0 unspecified atom stereocenters. The third kappa shape index (κ3) is 3.64. The van der Waals surface area contributed by atoms with Gasteiger partial charge in [-0.1, -0.05) is 15.9 Å². The van der Waals surface area contributed by atoms with Crippen LogP contribution in [-0.2, 0) is 0 Å². The predicted octanol–water partition coefficient (Wildman–Crippen LogP) is 2.74. The molecule has 1 aromatic carbocycles. The van der Waals surface area contributed by atoms with Crippen LogP contribution in [0, 0.1) is 5.82 Å². The molecule has 4 heteroatoms. The third-order valence-corrected chi connectivity index (χ3v) is 2.20. The Balaban J connectivity index is 2.42. The molecule has 0 bridgehead atoms. The number of unbranched alkanes of at least 4 members (excludes halogenated alkanes) is 1. The van der Waals surface area contributed by atoms with Crippen LogP contribution in [0.2, 0.25) is 0 Å². The van der Waals surface area contributed by atoms with Crippen molar-refractivity contribution >= 4 is 15.9 Å². The molecule has 0 atom stereocenters. The number of hydrogen-bond donors (Lipinski definition) is 1. The van der Waals surface area contributed by atoms with Crippen molar-refractivity contribution in [1.29, 1.82) is 0 Å². The second-order valence-electron chi connectivity index (χ2n) is 2.85. The Morgan fingerprint density at radius 3 is 2.79 bits per heavy atom. The number of aliphatic hydroxyl groups excluding tert-OH is 1. The van der Waals surface area contributed by atoms with Gasteiger partial charge in [0.05, 0.1) is 6.61 Å². The normalized spacial score (nSPS) is 10.2. The van der Waals surface area contributed by atoms with Crippen LogP contribution in [0.5, 0.6) is 5.75 Å². The van der Waals surface area contributed by atoms with Crippen LogP contribution in [-0.4, -0.2) is 18.3 Å². The van der Waals surface area contributed by atoms with Crippen LogP contribution in [0.1, 0.15) is 12.8 Å². The molecule has 0 saturated heterocycles. The van der Waals surface area contributed by atoms with Crippen molar-refractivity contribution in [3.63, 3.8) is 0 Å². The minimum atomic E-state index is -0.372. The van der Waals surface area contributed by atoms with E-state index in [1.807, 2.05) is 0 Å². The highest BCUT2D eigenvalue weighted by atomic mass is 79.9. The number of benzene rings is 1. The van der Waals surface area contributed by atoms with Crippen LogP contribution >= 0.6 is 15.9 Å². The summed E-state index contributed by atoms with van der Waals surface area (Å²) in [5, 5.41) is 8.52. The number of halogens is 2. The van der Waals surface area contributed by atoms with Crippen LogP contribution in [0.25, 0.3) is 0 Å². The maximum Gasteiger partial charge on any atom is 0.166 e. The van der Waals surface area contributed by atoms with E-state index in [2.05, 4.69) is 15.9 Å². The highest BCUT2D eigenvalue weighted by Gasteiger charge is 2.02. The summed E-state index contributed by atoms with van der Waals surface area (Å²) >= 11 is 3.16. The van der Waals surface area contributed by atoms with E-state index in [0.717, 1.165) is 6.42 Å². The largest absolute Gasteiger partial charge is 0.491 e. The summed E-state index contributed by atoms with van der Waals surface area (Å²) in [6.45, 7) is 0.575. The number of hydrogen-bond acceptors (Lipinski definition) is 2. The molecule has 14 heavy (non-hydrogen) atoms. The predicted molar refractivity (Wildman–Crippen MR) is 55.9 cm³/mol. The molecule has 2 nitrogen and oxygen atoms in total. The van der Waals surface area contributed by atoms with Gasteiger partial charge in [0.1, 0.15) is 0 Å². The molecule has 1 N–H and O–H groups in total. The lowest BCUT2D eigenvalue weighted by molar-refractivity contribution is 0.248. The summed E-state index contributed by atoms with van der Waals surface area (Å²) < 4.78 is 19.0. The quantitative estimate of drug-likeness (QED) is 0.828. The van der Waals surface area contributed by atoms with Gasteiger partial charge in [0.15, 0.2) is 11.6 Å². The molecule has 78 valence electrons. The fourth-order valence-corrected chi connectivity index (χ4v) is 1.32. The van der Waals surface area contributed by atoms with Crippen molar-refractivity contribution < 1.29 is 14.2 Å². The Hall–Kier alpha value is -0.610. The van der Waals surface area contributed by atoms with Gasteiger partial charge < -0.3 is 9.84 Å². The highest BCUT2D eigenvalue weighted by molar-refractivity contribution is 9.10. The van der Waals surface area contributed by atoms with Gasteiger partial charge in [0.25, 0.3) is 0 Å². The van der Waals surface area contributed by atoms with E-state index >= 15 is 0 Å². The summed E-state index contributed by atoms with van der Waals surface area (Å²) in [5.41, 5.74) is 0. The average molecular weight is 263 g/mol. The van der Waals surface area contributed by atoms with Crippen molar-refractivity contribution in [2.45, 2.75) is 12.8 Å². The molecule has 0 aliphatic rings. The summed E-state index contributed by atoms with van der Waals surface area (Å²) in [6.07, 6.45) is 1.41. The molecule has 0 amide bonds. The maximum atomic E-state index is 13.2. The summed E-state index contributed by atoms with van der Waals surface area (Å²) in [5.74, 6) is -0.116. The minimum absolute atomic E-state index is 0.145. The Morgan fingerprint density at radius 1 is 1.36 bits per heavy atom. The number of rotatable bonds is 5. The van der Waals surface area contributed by atoms with E-state index in [4.69, 9.17) is 9.84 Å². The summed E-state index contributed by atoms with van der Waals surface area (Å²) in [6, 6.07) is 4.67. The fourth-order valence-electron chi connectivity index (χ4n) is 0.988.